The van der Waals surface area contributed by atoms with Gasteiger partial charge in [-0.1, -0.05) is 68.0 Å². The second-order valence-corrected chi connectivity index (χ2v) is 11.7. The SMILES string of the molecule is CCCC(C)N1C/C=C\CCC(=O)N[C@H](C)[C@@H](c2ccccc2)OC(=O)[C@@H]2[C@@H]3C=C[C@]4(O3)[C@H](C1=O)N(CCO)C(=O)[C@@H]24. The van der Waals surface area contributed by atoms with E-state index >= 15 is 0 Å². The zero-order valence-corrected chi connectivity index (χ0v) is 24.5. The lowest BCUT2D eigenvalue weighted by Crippen LogP contribution is -2.57. The number of ether oxygens (including phenoxy) is 2. The molecule has 5 bridgehead atoms. The minimum absolute atomic E-state index is 0.0569. The molecule has 8 atom stereocenters. The summed E-state index contributed by atoms with van der Waals surface area (Å²) < 4.78 is 12.5. The molecular formula is C32H41N3O7. The molecule has 0 radical (unpaired) electrons. The molecule has 1 aromatic carbocycles. The van der Waals surface area contributed by atoms with Crippen molar-refractivity contribution in [1.82, 2.24) is 15.1 Å². The first-order valence-corrected chi connectivity index (χ1v) is 15.0. The first kappa shape index (κ1) is 30.0. The van der Waals surface area contributed by atoms with E-state index in [9.17, 15) is 24.3 Å². The Bertz CT molecular complexity index is 1250. The van der Waals surface area contributed by atoms with Crippen molar-refractivity contribution in [2.24, 2.45) is 11.8 Å². The van der Waals surface area contributed by atoms with Crippen LogP contribution in [0.4, 0.5) is 0 Å². The third kappa shape index (κ3) is 5.26. The van der Waals surface area contributed by atoms with Gasteiger partial charge in [0.15, 0.2) is 0 Å². The topological polar surface area (TPSA) is 125 Å². The monoisotopic (exact) mass is 579 g/mol. The molecule has 0 saturated carbocycles. The second kappa shape index (κ2) is 12.4. The molecular weight excluding hydrogens is 538 g/mol. The zero-order valence-electron chi connectivity index (χ0n) is 24.5. The summed E-state index contributed by atoms with van der Waals surface area (Å²) in [5.74, 6) is -3.46. The summed E-state index contributed by atoms with van der Waals surface area (Å²) in [6.45, 7) is 5.71. The third-order valence-electron chi connectivity index (χ3n) is 8.96. The van der Waals surface area contributed by atoms with Crippen LogP contribution in [0.5, 0.6) is 0 Å². The van der Waals surface area contributed by atoms with Gasteiger partial charge in [0, 0.05) is 25.6 Å². The van der Waals surface area contributed by atoms with E-state index in [4.69, 9.17) is 9.47 Å². The molecule has 5 rings (SSSR count). The lowest BCUT2D eigenvalue weighted by Gasteiger charge is -2.38. The summed E-state index contributed by atoms with van der Waals surface area (Å²) >= 11 is 0. The van der Waals surface area contributed by atoms with Gasteiger partial charge in [-0.05, 0) is 32.3 Å². The normalized spacial score (nSPS) is 34.8. The molecule has 2 fully saturated rings. The van der Waals surface area contributed by atoms with Gasteiger partial charge in [0.1, 0.15) is 23.7 Å². The van der Waals surface area contributed by atoms with E-state index in [1.807, 2.05) is 56.3 Å². The highest BCUT2D eigenvalue weighted by atomic mass is 16.6. The number of allylic oxidation sites excluding steroid dienone is 1. The van der Waals surface area contributed by atoms with Crippen LogP contribution in [0.25, 0.3) is 0 Å². The highest BCUT2D eigenvalue weighted by molar-refractivity contribution is 5.99. The van der Waals surface area contributed by atoms with E-state index in [0.717, 1.165) is 12.8 Å². The highest BCUT2D eigenvalue weighted by Crippen LogP contribution is 2.55. The minimum Gasteiger partial charge on any atom is -0.455 e. The van der Waals surface area contributed by atoms with Crippen LogP contribution < -0.4 is 5.32 Å². The number of hydrogen-bond donors (Lipinski definition) is 2. The number of carbonyl (C=O) groups is 4. The summed E-state index contributed by atoms with van der Waals surface area (Å²) in [6.07, 6.45) is 8.06. The first-order chi connectivity index (χ1) is 20.2. The Balaban J connectivity index is 1.57. The number of likely N-dealkylation sites (tertiary alicyclic amines) is 1. The molecule has 4 aliphatic heterocycles. The summed E-state index contributed by atoms with van der Waals surface area (Å²) in [5.41, 5.74) is -0.638. The van der Waals surface area contributed by atoms with E-state index < -0.39 is 53.6 Å². The molecule has 1 unspecified atom stereocenters. The van der Waals surface area contributed by atoms with Crippen molar-refractivity contribution in [1.29, 1.82) is 0 Å². The van der Waals surface area contributed by atoms with Crippen LogP contribution in [0, 0.1) is 11.8 Å². The first-order valence-electron chi connectivity index (χ1n) is 15.0. The fraction of sp³-hybridized carbons (Fsp3) is 0.562. The number of nitrogens with one attached hydrogen (secondary N) is 1. The molecule has 2 N–H and O–H groups in total. The molecule has 0 aliphatic carbocycles. The number of nitrogens with zero attached hydrogens (tertiary/aromatic N) is 2. The summed E-state index contributed by atoms with van der Waals surface area (Å²) in [5, 5.41) is 12.9. The number of fused-ring (bicyclic) bond motifs is 2. The molecule has 10 heteroatoms. The largest absolute Gasteiger partial charge is 0.455 e. The number of cyclic esters (lactones) is 1. The molecule has 4 heterocycles. The van der Waals surface area contributed by atoms with Gasteiger partial charge in [-0.15, -0.1) is 0 Å². The lowest BCUT2D eigenvalue weighted by molar-refractivity contribution is -0.161. The van der Waals surface area contributed by atoms with Gasteiger partial charge in [0.05, 0.1) is 24.7 Å². The number of benzene rings is 1. The second-order valence-electron chi connectivity index (χ2n) is 11.7. The minimum atomic E-state index is -1.35. The van der Waals surface area contributed by atoms with Crippen LogP contribution >= 0.6 is 0 Å². The predicted octanol–water partition coefficient (Wildman–Crippen LogP) is 2.29. The van der Waals surface area contributed by atoms with Crippen molar-refractivity contribution in [2.75, 3.05) is 19.7 Å². The molecule has 42 heavy (non-hydrogen) atoms. The number of aliphatic hydroxyl groups is 1. The number of carbonyl (C=O) groups excluding carboxylic acids is 4. The molecule has 2 saturated heterocycles. The average Bonchev–Trinajstić information content (AvgIpc) is 3.61. The van der Waals surface area contributed by atoms with Crippen molar-refractivity contribution in [3.63, 3.8) is 0 Å². The van der Waals surface area contributed by atoms with E-state index in [1.54, 1.807) is 24.0 Å². The van der Waals surface area contributed by atoms with Gasteiger partial charge in [-0.3, -0.25) is 19.2 Å². The van der Waals surface area contributed by atoms with Crippen LogP contribution in [-0.4, -0.2) is 88.1 Å². The molecule has 10 nitrogen and oxygen atoms in total. The number of β-amino-alcohol motifs (C(OH)–C–C–N with tert-alkyl or cyclic N) is 1. The van der Waals surface area contributed by atoms with Crippen LogP contribution in [0.3, 0.4) is 0 Å². The predicted molar refractivity (Wildman–Crippen MR) is 154 cm³/mol. The molecule has 3 amide bonds. The Morgan fingerprint density at radius 3 is 2.60 bits per heavy atom. The molecule has 226 valence electrons. The number of aliphatic hydroxyl groups excluding tert-OH is 1. The quantitative estimate of drug-likeness (QED) is 0.391. The maximum absolute atomic E-state index is 14.4. The van der Waals surface area contributed by atoms with Gasteiger partial charge in [0.25, 0.3) is 0 Å². The third-order valence-corrected chi connectivity index (χ3v) is 8.96. The van der Waals surface area contributed by atoms with Gasteiger partial charge in [0.2, 0.25) is 17.7 Å². The molecule has 0 aromatic heterocycles. The smallest absolute Gasteiger partial charge is 0.313 e. The van der Waals surface area contributed by atoms with Crippen molar-refractivity contribution in [3.8, 4) is 0 Å². The van der Waals surface area contributed by atoms with Crippen LogP contribution in [0.1, 0.15) is 58.1 Å². The van der Waals surface area contributed by atoms with Gasteiger partial charge < -0.3 is 29.7 Å². The number of amides is 3. The highest BCUT2D eigenvalue weighted by Gasteiger charge is 2.73. The Hall–Kier alpha value is -3.50. The Labute approximate surface area is 246 Å². The van der Waals surface area contributed by atoms with Crippen LogP contribution in [0.2, 0.25) is 0 Å². The van der Waals surface area contributed by atoms with Crippen molar-refractivity contribution < 1.29 is 33.8 Å². The van der Waals surface area contributed by atoms with Crippen LogP contribution in [-0.2, 0) is 28.7 Å². The zero-order chi connectivity index (χ0) is 30.0. The number of hydrogen-bond acceptors (Lipinski definition) is 7. The fourth-order valence-electron chi connectivity index (χ4n) is 7.01. The van der Waals surface area contributed by atoms with E-state index in [-0.39, 0.29) is 37.4 Å². The van der Waals surface area contributed by atoms with Gasteiger partial charge in [-0.2, -0.15) is 0 Å². The number of esters is 1. The maximum atomic E-state index is 14.4. The molecule has 1 spiro atoms. The lowest BCUT2D eigenvalue weighted by atomic mass is 9.74. The van der Waals surface area contributed by atoms with Crippen LogP contribution in [0.15, 0.2) is 54.6 Å². The van der Waals surface area contributed by atoms with E-state index in [0.29, 0.717) is 18.5 Å². The Morgan fingerprint density at radius 1 is 1.12 bits per heavy atom. The standard InChI is InChI=1S/C32H41N3O7/c1-4-11-20(2)34-17-10-6-9-14-24(37)33-21(3)27(22-12-7-5-8-13-22)41-31(40)25-23-15-16-32(42-23)26(25)29(38)35(18-19-36)28(32)30(34)39/h5-8,10,12-13,15-16,20-21,23,25-28,36H,4,9,11,14,17-19H2,1-3H3,(H,33,37)/b10-6-/t20?,21-,23+,25-,26-,27+,28+,32-/m1/s1. The summed E-state index contributed by atoms with van der Waals surface area (Å²) in [6, 6.07) is 7.47. The Morgan fingerprint density at radius 2 is 1.88 bits per heavy atom. The van der Waals surface area contributed by atoms with Gasteiger partial charge >= 0.3 is 5.97 Å². The summed E-state index contributed by atoms with van der Waals surface area (Å²) in [4.78, 5) is 58.4. The van der Waals surface area contributed by atoms with Crippen molar-refractivity contribution >= 4 is 23.7 Å². The van der Waals surface area contributed by atoms with E-state index in [1.165, 1.54) is 4.90 Å². The average molecular weight is 580 g/mol. The van der Waals surface area contributed by atoms with Gasteiger partial charge in [-0.25, -0.2) is 0 Å². The maximum Gasteiger partial charge on any atom is 0.313 e. The van der Waals surface area contributed by atoms with E-state index in [2.05, 4.69) is 5.32 Å². The Kier molecular flexibility index (Phi) is 8.84. The number of rotatable bonds is 6. The molecule has 4 aliphatic rings. The summed E-state index contributed by atoms with van der Waals surface area (Å²) in [7, 11) is 0. The fourth-order valence-corrected chi connectivity index (χ4v) is 7.01. The van der Waals surface area contributed by atoms with Crippen molar-refractivity contribution in [2.45, 2.75) is 82.4 Å². The molecule has 1 aromatic rings. The van der Waals surface area contributed by atoms with Crippen molar-refractivity contribution in [3.05, 3.63) is 60.2 Å².